The molecule has 2 saturated heterocycles. The summed E-state index contributed by atoms with van der Waals surface area (Å²) in [5, 5.41) is 0. The third-order valence-corrected chi connectivity index (χ3v) is 5.01. The second-order valence-electron chi connectivity index (χ2n) is 6.97. The molecule has 0 aromatic rings. The van der Waals surface area contributed by atoms with Crippen LogP contribution in [-0.2, 0) is 9.53 Å². The standard InChI is InChI=1S/C15H27N3O3S/c1-15(2,3)21-14(20)17-6-4-11(5-7-17)12(16)13(19)18-8-9-22-10-18/h11-12H,4-10,16H2,1-3H3. The van der Waals surface area contributed by atoms with Crippen molar-refractivity contribution in [3.63, 3.8) is 0 Å². The second-order valence-corrected chi connectivity index (χ2v) is 8.04. The van der Waals surface area contributed by atoms with Crippen molar-refractivity contribution in [1.29, 1.82) is 0 Å². The lowest BCUT2D eigenvalue weighted by Gasteiger charge is -2.35. The Labute approximate surface area is 136 Å². The first-order valence-electron chi connectivity index (χ1n) is 7.88. The largest absolute Gasteiger partial charge is 0.444 e. The number of piperidine rings is 1. The molecule has 0 spiro atoms. The molecule has 0 aromatic carbocycles. The van der Waals surface area contributed by atoms with Crippen LogP contribution in [0.5, 0.6) is 0 Å². The number of ether oxygens (including phenoxy) is 1. The molecule has 2 rings (SSSR count). The van der Waals surface area contributed by atoms with Crippen LogP contribution in [-0.4, -0.2) is 64.7 Å². The van der Waals surface area contributed by atoms with Crippen molar-refractivity contribution < 1.29 is 14.3 Å². The van der Waals surface area contributed by atoms with Crippen LogP contribution in [0.25, 0.3) is 0 Å². The summed E-state index contributed by atoms with van der Waals surface area (Å²) in [6.07, 6.45) is 1.24. The van der Waals surface area contributed by atoms with Crippen LogP contribution in [0, 0.1) is 5.92 Å². The quantitative estimate of drug-likeness (QED) is 0.831. The number of nitrogens with zero attached hydrogens (tertiary/aromatic N) is 2. The molecule has 2 fully saturated rings. The maximum atomic E-state index is 12.3. The fourth-order valence-corrected chi connectivity index (χ4v) is 3.72. The van der Waals surface area contributed by atoms with Crippen molar-refractivity contribution in [3.8, 4) is 0 Å². The minimum atomic E-state index is -0.478. The molecule has 1 unspecified atom stereocenters. The van der Waals surface area contributed by atoms with Gasteiger partial charge >= 0.3 is 6.09 Å². The van der Waals surface area contributed by atoms with E-state index in [9.17, 15) is 9.59 Å². The van der Waals surface area contributed by atoms with E-state index in [1.165, 1.54) is 0 Å². The Balaban J connectivity index is 1.81. The lowest BCUT2D eigenvalue weighted by molar-refractivity contribution is -0.132. The maximum absolute atomic E-state index is 12.3. The molecule has 0 radical (unpaired) electrons. The van der Waals surface area contributed by atoms with E-state index in [1.54, 1.807) is 16.7 Å². The van der Waals surface area contributed by atoms with E-state index < -0.39 is 11.6 Å². The Morgan fingerprint density at radius 3 is 2.32 bits per heavy atom. The van der Waals surface area contributed by atoms with Crippen LogP contribution in [0.2, 0.25) is 0 Å². The van der Waals surface area contributed by atoms with E-state index in [1.807, 2.05) is 25.7 Å². The fourth-order valence-electron chi connectivity index (χ4n) is 2.77. The number of rotatable bonds is 2. The van der Waals surface area contributed by atoms with Gasteiger partial charge in [-0.05, 0) is 39.5 Å². The van der Waals surface area contributed by atoms with Gasteiger partial charge in [0.25, 0.3) is 0 Å². The van der Waals surface area contributed by atoms with Crippen LogP contribution in [0.1, 0.15) is 33.6 Å². The van der Waals surface area contributed by atoms with Gasteiger partial charge in [0.05, 0.1) is 11.9 Å². The smallest absolute Gasteiger partial charge is 0.410 e. The topological polar surface area (TPSA) is 75.9 Å². The molecule has 6 nitrogen and oxygen atoms in total. The van der Waals surface area contributed by atoms with E-state index in [0.29, 0.717) is 13.1 Å². The van der Waals surface area contributed by atoms with Gasteiger partial charge in [0.2, 0.25) is 5.91 Å². The first kappa shape index (κ1) is 17.4. The minimum Gasteiger partial charge on any atom is -0.444 e. The Hall–Kier alpha value is -0.950. The number of amides is 2. The highest BCUT2D eigenvalue weighted by Gasteiger charge is 2.34. The van der Waals surface area contributed by atoms with E-state index >= 15 is 0 Å². The second kappa shape index (κ2) is 7.08. The number of thioether (sulfide) groups is 1. The van der Waals surface area contributed by atoms with Gasteiger partial charge in [-0.25, -0.2) is 4.79 Å². The lowest BCUT2D eigenvalue weighted by Crippen LogP contribution is -2.51. The first-order valence-corrected chi connectivity index (χ1v) is 9.03. The summed E-state index contributed by atoms with van der Waals surface area (Å²) in [5.41, 5.74) is 5.68. The normalized spacial score (nSPS) is 21.8. The van der Waals surface area contributed by atoms with Crippen LogP contribution in [0.4, 0.5) is 4.79 Å². The fraction of sp³-hybridized carbons (Fsp3) is 0.867. The summed E-state index contributed by atoms with van der Waals surface area (Å²) in [7, 11) is 0. The number of carbonyl (C=O) groups excluding carboxylic acids is 2. The molecule has 2 aliphatic rings. The average Bonchev–Trinajstić information content (AvgIpc) is 2.98. The van der Waals surface area contributed by atoms with Crippen molar-refractivity contribution >= 4 is 23.8 Å². The van der Waals surface area contributed by atoms with Gasteiger partial charge in [0, 0.05) is 25.4 Å². The summed E-state index contributed by atoms with van der Waals surface area (Å²) in [6.45, 7) is 7.60. The molecular formula is C15H27N3O3S. The molecular weight excluding hydrogens is 302 g/mol. The molecule has 0 bridgehead atoms. The van der Waals surface area contributed by atoms with E-state index in [-0.39, 0.29) is 17.9 Å². The summed E-state index contributed by atoms with van der Waals surface area (Å²) in [6, 6.07) is -0.445. The van der Waals surface area contributed by atoms with Crippen molar-refractivity contribution in [2.24, 2.45) is 11.7 Å². The number of hydrogen-bond acceptors (Lipinski definition) is 5. The predicted molar refractivity (Wildman–Crippen MR) is 87.5 cm³/mol. The van der Waals surface area contributed by atoms with Gasteiger partial charge in [0.1, 0.15) is 5.60 Å². The molecule has 0 aromatic heterocycles. The van der Waals surface area contributed by atoms with Crippen LogP contribution in [0.15, 0.2) is 0 Å². The lowest BCUT2D eigenvalue weighted by atomic mass is 9.89. The minimum absolute atomic E-state index is 0.0562. The monoisotopic (exact) mass is 329 g/mol. The summed E-state index contributed by atoms with van der Waals surface area (Å²) < 4.78 is 5.38. The Morgan fingerprint density at radius 2 is 1.82 bits per heavy atom. The first-order chi connectivity index (χ1) is 10.3. The van der Waals surface area contributed by atoms with Crippen LogP contribution in [0.3, 0.4) is 0 Å². The maximum Gasteiger partial charge on any atom is 0.410 e. The molecule has 7 heteroatoms. The van der Waals surface area contributed by atoms with Crippen molar-refractivity contribution in [1.82, 2.24) is 9.80 Å². The third-order valence-electron chi connectivity index (χ3n) is 4.05. The Morgan fingerprint density at radius 1 is 1.18 bits per heavy atom. The van der Waals surface area contributed by atoms with E-state index in [2.05, 4.69) is 0 Å². The summed E-state index contributed by atoms with van der Waals surface area (Å²) >= 11 is 1.76. The van der Waals surface area contributed by atoms with Crippen LogP contribution >= 0.6 is 11.8 Å². The number of hydrogen-bond donors (Lipinski definition) is 1. The van der Waals surface area contributed by atoms with Gasteiger partial charge < -0.3 is 20.3 Å². The highest BCUT2D eigenvalue weighted by molar-refractivity contribution is 7.99. The summed E-state index contributed by atoms with van der Waals surface area (Å²) in [5.74, 6) is 1.95. The number of nitrogens with two attached hydrogens (primary N) is 1. The van der Waals surface area contributed by atoms with Gasteiger partial charge in [-0.15, -0.1) is 11.8 Å². The van der Waals surface area contributed by atoms with Crippen molar-refractivity contribution in [2.45, 2.75) is 45.3 Å². The SMILES string of the molecule is CC(C)(C)OC(=O)N1CCC(C(N)C(=O)N2CCSC2)CC1. The summed E-state index contributed by atoms with van der Waals surface area (Å²) in [4.78, 5) is 27.9. The molecule has 22 heavy (non-hydrogen) atoms. The highest BCUT2D eigenvalue weighted by Crippen LogP contribution is 2.24. The molecule has 1 atom stereocenters. The molecule has 0 aliphatic carbocycles. The zero-order valence-electron chi connectivity index (χ0n) is 13.7. The van der Waals surface area contributed by atoms with Crippen molar-refractivity contribution in [2.75, 3.05) is 31.3 Å². The number of carbonyl (C=O) groups is 2. The van der Waals surface area contributed by atoms with Gasteiger partial charge in [0.15, 0.2) is 0 Å². The molecule has 2 amide bonds. The molecule has 126 valence electrons. The third kappa shape index (κ3) is 4.52. The van der Waals surface area contributed by atoms with E-state index in [4.69, 9.17) is 10.5 Å². The average molecular weight is 329 g/mol. The van der Waals surface area contributed by atoms with Crippen LogP contribution < -0.4 is 5.73 Å². The zero-order valence-corrected chi connectivity index (χ0v) is 14.5. The van der Waals surface area contributed by atoms with E-state index in [0.717, 1.165) is 31.0 Å². The highest BCUT2D eigenvalue weighted by atomic mass is 32.2. The van der Waals surface area contributed by atoms with Crippen molar-refractivity contribution in [3.05, 3.63) is 0 Å². The van der Waals surface area contributed by atoms with Gasteiger partial charge in [-0.2, -0.15) is 0 Å². The Bertz CT molecular complexity index is 411. The molecule has 2 heterocycles. The molecule has 2 aliphatic heterocycles. The zero-order chi connectivity index (χ0) is 16.3. The van der Waals surface area contributed by atoms with Gasteiger partial charge in [-0.3, -0.25) is 4.79 Å². The molecule has 0 saturated carbocycles. The Kier molecular flexibility index (Phi) is 5.60. The predicted octanol–water partition coefficient (Wildman–Crippen LogP) is 1.49. The van der Waals surface area contributed by atoms with Gasteiger partial charge in [-0.1, -0.05) is 0 Å². The molecule has 2 N–H and O–H groups in total. The number of likely N-dealkylation sites (tertiary alicyclic amines) is 1.